The van der Waals surface area contributed by atoms with E-state index in [9.17, 15) is 9.59 Å². The smallest absolute Gasteiger partial charge is 0.242 e. The normalized spacial score (nSPS) is 19.9. The number of likely N-dealkylation sites (N-methyl/N-ethyl adjacent to an activating group) is 1. The number of hydrogen-bond donors (Lipinski definition) is 2. The van der Waals surface area contributed by atoms with E-state index < -0.39 is 0 Å². The molecule has 5 nitrogen and oxygen atoms in total. The van der Waals surface area contributed by atoms with Gasteiger partial charge in [-0.05, 0) is 32.2 Å². The standard InChI is InChI=1S/C15H29N3O2.ClH/c1-11(16-5)10-17-14(20)12-7-6-8-18(12)13(19)9-15(2,3)4;/h11-12,16H,6-10H2,1-5H3,(H,17,20);1H. The average molecular weight is 320 g/mol. The van der Waals surface area contributed by atoms with Gasteiger partial charge in [0.2, 0.25) is 11.8 Å². The molecule has 1 fully saturated rings. The summed E-state index contributed by atoms with van der Waals surface area (Å²) in [6.45, 7) is 9.44. The molecule has 21 heavy (non-hydrogen) atoms. The van der Waals surface area contributed by atoms with Gasteiger partial charge in [0.1, 0.15) is 6.04 Å². The minimum absolute atomic E-state index is 0. The lowest BCUT2D eigenvalue weighted by atomic mass is 9.91. The van der Waals surface area contributed by atoms with E-state index in [1.54, 1.807) is 4.90 Å². The Morgan fingerprint density at radius 1 is 1.33 bits per heavy atom. The van der Waals surface area contributed by atoms with Gasteiger partial charge in [0.15, 0.2) is 0 Å². The van der Waals surface area contributed by atoms with Crippen LogP contribution >= 0.6 is 12.4 Å². The number of carbonyl (C=O) groups is 2. The van der Waals surface area contributed by atoms with Crippen LogP contribution in [0, 0.1) is 5.41 Å². The molecule has 0 aromatic heterocycles. The number of nitrogens with zero attached hydrogens (tertiary/aromatic N) is 1. The fraction of sp³-hybridized carbons (Fsp3) is 0.867. The topological polar surface area (TPSA) is 61.4 Å². The molecule has 124 valence electrons. The van der Waals surface area contributed by atoms with Crippen LogP contribution in [0.25, 0.3) is 0 Å². The zero-order chi connectivity index (χ0) is 15.3. The van der Waals surface area contributed by atoms with Crippen LogP contribution in [0.1, 0.15) is 47.0 Å². The van der Waals surface area contributed by atoms with Gasteiger partial charge in [-0.1, -0.05) is 20.8 Å². The Bertz CT molecular complexity index is 355. The second-order valence-corrected chi connectivity index (χ2v) is 6.92. The van der Waals surface area contributed by atoms with Gasteiger partial charge in [-0.25, -0.2) is 0 Å². The summed E-state index contributed by atoms with van der Waals surface area (Å²) in [5.74, 6) is 0.0728. The van der Waals surface area contributed by atoms with Crippen molar-refractivity contribution in [3.05, 3.63) is 0 Å². The molecule has 0 saturated carbocycles. The molecule has 1 aliphatic rings. The SMILES string of the molecule is CNC(C)CNC(=O)C1CCCN1C(=O)CC(C)(C)C.Cl. The summed E-state index contributed by atoms with van der Waals surface area (Å²) in [5, 5.41) is 6.01. The van der Waals surface area contributed by atoms with E-state index in [1.807, 2.05) is 34.7 Å². The molecule has 1 rings (SSSR count). The first-order chi connectivity index (χ1) is 9.24. The van der Waals surface area contributed by atoms with Gasteiger partial charge >= 0.3 is 0 Å². The molecule has 2 N–H and O–H groups in total. The molecule has 0 bridgehead atoms. The molecule has 2 atom stereocenters. The lowest BCUT2D eigenvalue weighted by Gasteiger charge is -2.27. The predicted molar refractivity (Wildman–Crippen MR) is 87.6 cm³/mol. The van der Waals surface area contributed by atoms with Crippen molar-refractivity contribution in [1.29, 1.82) is 0 Å². The van der Waals surface area contributed by atoms with Crippen molar-refractivity contribution >= 4 is 24.2 Å². The fourth-order valence-electron chi connectivity index (χ4n) is 2.37. The minimum atomic E-state index is -0.283. The number of rotatable bonds is 5. The van der Waals surface area contributed by atoms with E-state index in [2.05, 4.69) is 10.6 Å². The van der Waals surface area contributed by atoms with E-state index in [0.717, 1.165) is 12.8 Å². The summed E-state index contributed by atoms with van der Waals surface area (Å²) in [4.78, 5) is 26.3. The van der Waals surface area contributed by atoms with Crippen LogP contribution in [0.3, 0.4) is 0 Å². The third-order valence-electron chi connectivity index (χ3n) is 3.63. The Labute approximate surface area is 134 Å². The summed E-state index contributed by atoms with van der Waals surface area (Å²) in [6, 6.07) is -0.0482. The van der Waals surface area contributed by atoms with Crippen molar-refractivity contribution in [2.75, 3.05) is 20.1 Å². The Morgan fingerprint density at radius 2 is 1.95 bits per heavy atom. The average Bonchev–Trinajstić information content (AvgIpc) is 2.82. The third-order valence-corrected chi connectivity index (χ3v) is 3.63. The molecule has 0 aromatic carbocycles. The van der Waals surface area contributed by atoms with E-state index in [-0.39, 0.29) is 41.7 Å². The maximum atomic E-state index is 12.3. The monoisotopic (exact) mass is 319 g/mol. The van der Waals surface area contributed by atoms with E-state index in [4.69, 9.17) is 0 Å². The number of halogens is 1. The maximum Gasteiger partial charge on any atom is 0.242 e. The highest BCUT2D eigenvalue weighted by Crippen LogP contribution is 2.24. The van der Waals surface area contributed by atoms with Crippen molar-refractivity contribution in [2.45, 2.75) is 59.0 Å². The molecule has 2 amide bonds. The predicted octanol–water partition coefficient (Wildman–Crippen LogP) is 1.56. The molecule has 1 saturated heterocycles. The number of carbonyl (C=O) groups excluding carboxylic acids is 2. The first kappa shape index (κ1) is 20.2. The van der Waals surface area contributed by atoms with Crippen molar-refractivity contribution in [3.63, 3.8) is 0 Å². The molecule has 1 heterocycles. The van der Waals surface area contributed by atoms with Gasteiger partial charge in [0.05, 0.1) is 0 Å². The van der Waals surface area contributed by atoms with Crippen molar-refractivity contribution in [1.82, 2.24) is 15.5 Å². The van der Waals surface area contributed by atoms with E-state index in [1.165, 1.54) is 0 Å². The van der Waals surface area contributed by atoms with Gasteiger partial charge in [-0.3, -0.25) is 9.59 Å². The van der Waals surface area contributed by atoms with Crippen molar-refractivity contribution in [3.8, 4) is 0 Å². The van der Waals surface area contributed by atoms with Crippen LogP contribution in [0.15, 0.2) is 0 Å². The summed E-state index contributed by atoms with van der Waals surface area (Å²) < 4.78 is 0. The van der Waals surface area contributed by atoms with Gasteiger partial charge in [0, 0.05) is 25.6 Å². The van der Waals surface area contributed by atoms with Gasteiger partial charge < -0.3 is 15.5 Å². The summed E-state index contributed by atoms with van der Waals surface area (Å²) >= 11 is 0. The number of nitrogens with one attached hydrogen (secondary N) is 2. The minimum Gasteiger partial charge on any atom is -0.353 e. The molecule has 1 aliphatic heterocycles. The Balaban J connectivity index is 0.00000400. The Kier molecular flexibility index (Phi) is 8.26. The highest BCUT2D eigenvalue weighted by atomic mass is 35.5. The van der Waals surface area contributed by atoms with E-state index >= 15 is 0 Å². The zero-order valence-electron chi connectivity index (χ0n) is 13.9. The summed E-state index contributed by atoms with van der Waals surface area (Å²) in [5.41, 5.74) is -0.0403. The Morgan fingerprint density at radius 3 is 2.48 bits per heavy atom. The number of likely N-dealkylation sites (tertiary alicyclic amines) is 1. The lowest BCUT2D eigenvalue weighted by molar-refractivity contribution is -0.139. The van der Waals surface area contributed by atoms with Crippen molar-refractivity contribution in [2.24, 2.45) is 5.41 Å². The van der Waals surface area contributed by atoms with Crippen LogP contribution in [-0.4, -0.2) is 48.9 Å². The van der Waals surface area contributed by atoms with Crippen molar-refractivity contribution < 1.29 is 9.59 Å². The highest BCUT2D eigenvalue weighted by molar-refractivity contribution is 5.88. The summed E-state index contributed by atoms with van der Waals surface area (Å²) in [6.07, 6.45) is 2.18. The fourth-order valence-corrected chi connectivity index (χ4v) is 2.37. The van der Waals surface area contributed by atoms with Gasteiger partial charge in [0.25, 0.3) is 0 Å². The van der Waals surface area contributed by atoms with Crippen LogP contribution in [0.4, 0.5) is 0 Å². The van der Waals surface area contributed by atoms with Crippen LogP contribution in [0.2, 0.25) is 0 Å². The number of hydrogen-bond acceptors (Lipinski definition) is 3. The molecule has 0 aliphatic carbocycles. The van der Waals surface area contributed by atoms with Gasteiger partial charge in [-0.2, -0.15) is 0 Å². The van der Waals surface area contributed by atoms with E-state index in [0.29, 0.717) is 19.5 Å². The molecule has 0 spiro atoms. The summed E-state index contributed by atoms with van der Waals surface area (Å²) in [7, 11) is 1.87. The second kappa shape index (κ2) is 8.59. The van der Waals surface area contributed by atoms with Crippen LogP contribution in [0.5, 0.6) is 0 Å². The van der Waals surface area contributed by atoms with Crippen LogP contribution in [-0.2, 0) is 9.59 Å². The molecule has 2 unspecified atom stereocenters. The number of amides is 2. The lowest BCUT2D eigenvalue weighted by Crippen LogP contribution is -2.48. The Hall–Kier alpha value is -0.810. The molecular weight excluding hydrogens is 290 g/mol. The largest absolute Gasteiger partial charge is 0.353 e. The highest BCUT2D eigenvalue weighted by Gasteiger charge is 2.35. The third kappa shape index (κ3) is 6.66. The zero-order valence-corrected chi connectivity index (χ0v) is 14.7. The first-order valence-corrected chi connectivity index (χ1v) is 7.49. The van der Waals surface area contributed by atoms with Crippen LogP contribution < -0.4 is 10.6 Å². The first-order valence-electron chi connectivity index (χ1n) is 7.49. The van der Waals surface area contributed by atoms with Gasteiger partial charge in [-0.15, -0.1) is 12.4 Å². The maximum absolute atomic E-state index is 12.3. The molecular formula is C15H30ClN3O2. The second-order valence-electron chi connectivity index (χ2n) is 6.92. The molecule has 0 aromatic rings. The molecule has 6 heteroatoms. The molecule has 0 radical (unpaired) electrons. The quantitative estimate of drug-likeness (QED) is 0.808.